The fraction of sp³-hybridized carbons (Fsp3) is 0.500. The number of hydrogen-bond acceptors (Lipinski definition) is 6. The summed E-state index contributed by atoms with van der Waals surface area (Å²) in [5.41, 5.74) is -2.57. The summed E-state index contributed by atoms with van der Waals surface area (Å²) < 4.78 is 15.3. The second kappa shape index (κ2) is 4.98. The maximum absolute atomic E-state index is 12.4. The van der Waals surface area contributed by atoms with Gasteiger partial charge in [0.2, 0.25) is 0 Å². The maximum atomic E-state index is 12.4. The van der Waals surface area contributed by atoms with Crippen molar-refractivity contribution in [2.24, 2.45) is 5.41 Å². The highest BCUT2D eigenvalue weighted by atomic mass is 16.6. The summed E-state index contributed by atoms with van der Waals surface area (Å²) in [7, 11) is 2.77. The van der Waals surface area contributed by atoms with Gasteiger partial charge in [-0.3, -0.25) is 9.59 Å². The Morgan fingerprint density at radius 1 is 1.27 bits per heavy atom. The molecule has 1 aliphatic carbocycles. The summed E-state index contributed by atoms with van der Waals surface area (Å²) in [5, 5.41) is 11.1. The van der Waals surface area contributed by atoms with E-state index in [-0.39, 0.29) is 6.42 Å². The molecule has 2 fully saturated rings. The Morgan fingerprint density at radius 2 is 1.95 bits per heavy atom. The van der Waals surface area contributed by atoms with Crippen molar-refractivity contribution in [1.29, 1.82) is 0 Å². The van der Waals surface area contributed by atoms with E-state index in [0.717, 1.165) is 0 Å². The van der Waals surface area contributed by atoms with E-state index in [0.29, 0.717) is 24.2 Å². The highest BCUT2D eigenvalue weighted by Crippen LogP contribution is 2.60. The molecule has 0 aromatic heterocycles. The van der Waals surface area contributed by atoms with Crippen LogP contribution >= 0.6 is 0 Å². The molecule has 1 aromatic rings. The van der Waals surface area contributed by atoms with Crippen LogP contribution in [0.3, 0.4) is 0 Å². The maximum Gasteiger partial charge on any atom is 0.327 e. The summed E-state index contributed by atoms with van der Waals surface area (Å²) in [5.74, 6) is -0.778. The summed E-state index contributed by atoms with van der Waals surface area (Å²) >= 11 is 0. The number of rotatable bonds is 3. The SMILES string of the molecule is COC(=O)[C@]12CCC[C@@]1(O)[C@@H](c1ccc(OC)cc1)OC2=O. The third kappa shape index (κ3) is 1.70. The summed E-state index contributed by atoms with van der Waals surface area (Å²) in [6.45, 7) is 0. The fourth-order valence-electron chi connectivity index (χ4n) is 3.65. The van der Waals surface area contributed by atoms with Crippen LogP contribution in [0.25, 0.3) is 0 Å². The molecular weight excluding hydrogens is 288 g/mol. The van der Waals surface area contributed by atoms with Crippen LogP contribution in [0.15, 0.2) is 24.3 Å². The van der Waals surface area contributed by atoms with Gasteiger partial charge in [0.25, 0.3) is 0 Å². The average molecular weight is 306 g/mol. The van der Waals surface area contributed by atoms with Gasteiger partial charge in [0.05, 0.1) is 14.2 Å². The van der Waals surface area contributed by atoms with E-state index in [4.69, 9.17) is 14.2 Å². The Balaban J connectivity index is 2.04. The number of methoxy groups -OCH3 is 2. The van der Waals surface area contributed by atoms with Gasteiger partial charge in [0.15, 0.2) is 11.5 Å². The van der Waals surface area contributed by atoms with Gasteiger partial charge in [-0.05, 0) is 37.0 Å². The quantitative estimate of drug-likeness (QED) is 0.671. The predicted molar refractivity (Wildman–Crippen MR) is 75.1 cm³/mol. The molecule has 1 aromatic carbocycles. The van der Waals surface area contributed by atoms with Crippen molar-refractivity contribution in [3.8, 4) is 5.75 Å². The first-order chi connectivity index (χ1) is 10.5. The van der Waals surface area contributed by atoms with Gasteiger partial charge < -0.3 is 19.3 Å². The molecule has 6 heteroatoms. The second-order valence-corrected chi connectivity index (χ2v) is 5.73. The fourth-order valence-corrected chi connectivity index (χ4v) is 3.65. The molecule has 2 aliphatic rings. The summed E-state index contributed by atoms with van der Waals surface area (Å²) in [6, 6.07) is 6.89. The van der Waals surface area contributed by atoms with Crippen LogP contribution in [0, 0.1) is 5.41 Å². The van der Waals surface area contributed by atoms with Crippen LogP contribution in [0.5, 0.6) is 5.75 Å². The van der Waals surface area contributed by atoms with Gasteiger partial charge in [-0.25, -0.2) is 0 Å². The van der Waals surface area contributed by atoms with Crippen LogP contribution in [0.2, 0.25) is 0 Å². The number of aliphatic hydroxyl groups is 1. The first-order valence-electron chi connectivity index (χ1n) is 7.15. The molecule has 0 amide bonds. The van der Waals surface area contributed by atoms with E-state index >= 15 is 0 Å². The lowest BCUT2D eigenvalue weighted by atomic mass is 9.72. The smallest absolute Gasteiger partial charge is 0.327 e. The third-order valence-corrected chi connectivity index (χ3v) is 4.81. The standard InChI is InChI=1S/C16H18O6/c1-20-11-6-4-10(5-7-11)12-16(19)9-3-8-15(16,13(17)21-2)14(18)22-12/h4-7,12,19H,3,8-9H2,1-2H3/t12-,15+,16-/m1/s1. The van der Waals surface area contributed by atoms with Crippen LogP contribution < -0.4 is 4.74 Å². The number of hydrogen-bond donors (Lipinski definition) is 1. The minimum absolute atomic E-state index is 0.238. The molecule has 3 rings (SSSR count). The van der Waals surface area contributed by atoms with E-state index in [1.165, 1.54) is 7.11 Å². The molecule has 1 saturated carbocycles. The number of cyclic esters (lactones) is 1. The van der Waals surface area contributed by atoms with Crippen LogP contribution in [-0.4, -0.2) is 36.9 Å². The number of ether oxygens (including phenoxy) is 3. The molecule has 22 heavy (non-hydrogen) atoms. The van der Waals surface area contributed by atoms with Crippen molar-refractivity contribution in [2.75, 3.05) is 14.2 Å². The topological polar surface area (TPSA) is 82.1 Å². The molecule has 0 spiro atoms. The Kier molecular flexibility index (Phi) is 3.36. The molecule has 6 nitrogen and oxygen atoms in total. The molecule has 1 aliphatic heterocycles. The molecule has 0 unspecified atom stereocenters. The minimum atomic E-state index is -1.62. The molecule has 1 N–H and O–H groups in total. The molecule has 0 radical (unpaired) electrons. The van der Waals surface area contributed by atoms with Crippen molar-refractivity contribution in [2.45, 2.75) is 31.0 Å². The van der Waals surface area contributed by atoms with Crippen molar-refractivity contribution >= 4 is 11.9 Å². The van der Waals surface area contributed by atoms with E-state index in [2.05, 4.69) is 0 Å². The highest BCUT2D eigenvalue weighted by Gasteiger charge is 2.74. The number of benzene rings is 1. The van der Waals surface area contributed by atoms with E-state index in [9.17, 15) is 14.7 Å². The van der Waals surface area contributed by atoms with Gasteiger partial charge in [-0.15, -0.1) is 0 Å². The lowest BCUT2D eigenvalue weighted by molar-refractivity contribution is -0.169. The minimum Gasteiger partial charge on any atom is -0.497 e. The number of esters is 2. The van der Waals surface area contributed by atoms with Crippen LogP contribution in [0.1, 0.15) is 30.9 Å². The molecule has 1 heterocycles. The van der Waals surface area contributed by atoms with Crippen molar-refractivity contribution in [3.63, 3.8) is 0 Å². The van der Waals surface area contributed by atoms with Crippen molar-refractivity contribution in [3.05, 3.63) is 29.8 Å². The largest absolute Gasteiger partial charge is 0.497 e. The van der Waals surface area contributed by atoms with E-state index in [1.807, 2.05) is 0 Å². The van der Waals surface area contributed by atoms with E-state index < -0.39 is 29.1 Å². The average Bonchev–Trinajstić information content (AvgIpc) is 3.00. The molecule has 118 valence electrons. The number of carbonyl (C=O) groups excluding carboxylic acids is 2. The first-order valence-corrected chi connectivity index (χ1v) is 7.15. The Hall–Kier alpha value is -2.08. The highest BCUT2D eigenvalue weighted by molar-refractivity contribution is 6.04. The Labute approximate surface area is 128 Å². The number of fused-ring (bicyclic) bond motifs is 1. The monoisotopic (exact) mass is 306 g/mol. The van der Waals surface area contributed by atoms with Crippen LogP contribution in [-0.2, 0) is 19.1 Å². The molecule has 1 saturated heterocycles. The molecule has 3 atom stereocenters. The zero-order chi connectivity index (χ0) is 16.0. The van der Waals surface area contributed by atoms with Gasteiger partial charge in [0, 0.05) is 0 Å². The summed E-state index contributed by atoms with van der Waals surface area (Å²) in [6.07, 6.45) is 0.229. The lowest BCUT2D eigenvalue weighted by Crippen LogP contribution is -2.51. The predicted octanol–water partition coefficient (Wildman–Crippen LogP) is 1.37. The Morgan fingerprint density at radius 3 is 2.55 bits per heavy atom. The zero-order valence-electron chi connectivity index (χ0n) is 12.5. The number of carbonyl (C=O) groups is 2. The Bertz CT molecular complexity index is 610. The van der Waals surface area contributed by atoms with Gasteiger partial charge in [-0.2, -0.15) is 0 Å². The van der Waals surface area contributed by atoms with E-state index in [1.54, 1.807) is 31.4 Å². The lowest BCUT2D eigenvalue weighted by Gasteiger charge is -2.32. The molecular formula is C16H18O6. The van der Waals surface area contributed by atoms with Gasteiger partial charge in [-0.1, -0.05) is 12.1 Å². The molecule has 0 bridgehead atoms. The first kappa shape index (κ1) is 14.8. The van der Waals surface area contributed by atoms with Gasteiger partial charge >= 0.3 is 11.9 Å². The summed E-state index contributed by atoms with van der Waals surface area (Å²) in [4.78, 5) is 24.6. The second-order valence-electron chi connectivity index (χ2n) is 5.73. The third-order valence-electron chi connectivity index (χ3n) is 4.81. The van der Waals surface area contributed by atoms with Crippen molar-refractivity contribution in [1.82, 2.24) is 0 Å². The van der Waals surface area contributed by atoms with Gasteiger partial charge in [0.1, 0.15) is 11.4 Å². The van der Waals surface area contributed by atoms with Crippen LogP contribution in [0.4, 0.5) is 0 Å². The zero-order valence-corrected chi connectivity index (χ0v) is 12.5. The van der Waals surface area contributed by atoms with Crippen molar-refractivity contribution < 1.29 is 28.9 Å². The normalized spacial score (nSPS) is 33.2.